The first-order valence-electron chi connectivity index (χ1n) is 7.03. The maximum atomic E-state index is 11.1. The maximum absolute atomic E-state index is 11.1. The second-order valence-electron chi connectivity index (χ2n) is 5.13. The molecule has 0 spiro atoms. The van der Waals surface area contributed by atoms with Gasteiger partial charge in [-0.05, 0) is 30.7 Å². The van der Waals surface area contributed by atoms with Crippen LogP contribution in [-0.2, 0) is 11.3 Å². The van der Waals surface area contributed by atoms with E-state index in [2.05, 4.69) is 20.7 Å². The van der Waals surface area contributed by atoms with E-state index in [-0.39, 0.29) is 5.91 Å². The summed E-state index contributed by atoms with van der Waals surface area (Å²) < 4.78 is 1.80. The Balaban J connectivity index is 1.78. The van der Waals surface area contributed by atoms with Crippen LogP contribution >= 0.6 is 0 Å². The zero-order valence-electron chi connectivity index (χ0n) is 12.5. The van der Waals surface area contributed by atoms with Gasteiger partial charge in [0.2, 0.25) is 5.91 Å². The van der Waals surface area contributed by atoms with Crippen LogP contribution in [0.25, 0.3) is 5.52 Å². The molecule has 0 aliphatic rings. The van der Waals surface area contributed by atoms with E-state index in [0.29, 0.717) is 6.54 Å². The molecule has 0 aliphatic heterocycles. The number of hydrogen-bond donors (Lipinski definition) is 2. The third-order valence-electron chi connectivity index (χ3n) is 3.22. The summed E-state index contributed by atoms with van der Waals surface area (Å²) in [5, 5.41) is 10.5. The van der Waals surface area contributed by atoms with Crippen LogP contribution in [0, 0.1) is 6.92 Å². The standard InChI is InChI=1S/C16H17N5O/c1-11-8-15-16(17-6-7-21(15)20-11)18-10-13-4-3-5-14(9-13)19-12(2)22/h3-9H,10H2,1-2H3,(H,17,18)(H,19,22). The quantitative estimate of drug-likeness (QED) is 0.776. The Morgan fingerprint density at radius 3 is 3.00 bits per heavy atom. The van der Waals surface area contributed by atoms with Crippen LogP contribution < -0.4 is 10.6 Å². The number of aryl methyl sites for hydroxylation is 1. The number of nitrogens with one attached hydrogen (secondary N) is 2. The Bertz CT molecular complexity index is 824. The van der Waals surface area contributed by atoms with E-state index < -0.39 is 0 Å². The molecule has 1 aromatic carbocycles. The normalized spacial score (nSPS) is 10.6. The lowest BCUT2D eigenvalue weighted by Crippen LogP contribution is -2.07. The van der Waals surface area contributed by atoms with Crippen molar-refractivity contribution in [2.24, 2.45) is 0 Å². The minimum absolute atomic E-state index is 0.0775. The molecule has 2 aromatic heterocycles. The third kappa shape index (κ3) is 3.06. The fourth-order valence-corrected chi connectivity index (χ4v) is 2.33. The van der Waals surface area contributed by atoms with E-state index in [0.717, 1.165) is 28.3 Å². The smallest absolute Gasteiger partial charge is 0.221 e. The first kappa shape index (κ1) is 14.1. The number of carbonyl (C=O) groups is 1. The van der Waals surface area contributed by atoms with Gasteiger partial charge < -0.3 is 10.6 Å². The van der Waals surface area contributed by atoms with Crippen molar-refractivity contribution >= 4 is 22.9 Å². The Labute approximate surface area is 128 Å². The van der Waals surface area contributed by atoms with Gasteiger partial charge in [0.05, 0.1) is 5.69 Å². The highest BCUT2D eigenvalue weighted by atomic mass is 16.1. The average Bonchev–Trinajstić information content (AvgIpc) is 2.85. The zero-order chi connectivity index (χ0) is 15.5. The minimum Gasteiger partial charge on any atom is -0.364 e. The molecule has 2 N–H and O–H groups in total. The summed E-state index contributed by atoms with van der Waals surface area (Å²) in [5.41, 5.74) is 3.74. The van der Waals surface area contributed by atoms with Gasteiger partial charge in [0.15, 0.2) is 5.82 Å². The van der Waals surface area contributed by atoms with Gasteiger partial charge in [-0.3, -0.25) is 4.79 Å². The van der Waals surface area contributed by atoms with Crippen molar-refractivity contribution < 1.29 is 4.79 Å². The van der Waals surface area contributed by atoms with Gasteiger partial charge in [0.1, 0.15) is 5.52 Å². The number of nitrogens with zero attached hydrogens (tertiary/aromatic N) is 3. The molecule has 0 atom stereocenters. The highest BCUT2D eigenvalue weighted by Crippen LogP contribution is 2.17. The SMILES string of the molecule is CC(=O)Nc1cccc(CNc2nccn3nc(C)cc23)c1. The Morgan fingerprint density at radius 2 is 2.18 bits per heavy atom. The van der Waals surface area contributed by atoms with Gasteiger partial charge in [-0.25, -0.2) is 9.50 Å². The Morgan fingerprint density at radius 1 is 1.32 bits per heavy atom. The number of benzene rings is 1. The molecule has 3 aromatic rings. The Hall–Kier alpha value is -2.89. The lowest BCUT2D eigenvalue weighted by atomic mass is 10.2. The number of aromatic nitrogens is 3. The first-order valence-corrected chi connectivity index (χ1v) is 7.03. The summed E-state index contributed by atoms with van der Waals surface area (Å²) in [7, 11) is 0. The number of hydrogen-bond acceptors (Lipinski definition) is 4. The van der Waals surface area contributed by atoms with Crippen LogP contribution in [0.2, 0.25) is 0 Å². The Kier molecular flexibility index (Phi) is 3.74. The number of amides is 1. The average molecular weight is 295 g/mol. The highest BCUT2D eigenvalue weighted by Gasteiger charge is 2.05. The molecule has 22 heavy (non-hydrogen) atoms. The molecule has 0 fully saturated rings. The molecule has 0 bridgehead atoms. The molecule has 0 saturated carbocycles. The predicted molar refractivity (Wildman–Crippen MR) is 85.8 cm³/mol. The maximum Gasteiger partial charge on any atom is 0.221 e. The van der Waals surface area contributed by atoms with Gasteiger partial charge in [-0.2, -0.15) is 5.10 Å². The largest absolute Gasteiger partial charge is 0.364 e. The first-order chi connectivity index (χ1) is 10.6. The van der Waals surface area contributed by atoms with Crippen LogP contribution in [0.5, 0.6) is 0 Å². The number of rotatable bonds is 4. The van der Waals surface area contributed by atoms with Crippen molar-refractivity contribution in [3.63, 3.8) is 0 Å². The molecule has 6 heteroatoms. The zero-order valence-corrected chi connectivity index (χ0v) is 12.5. The van der Waals surface area contributed by atoms with Crippen LogP contribution in [0.1, 0.15) is 18.2 Å². The lowest BCUT2D eigenvalue weighted by Gasteiger charge is -2.09. The summed E-state index contributed by atoms with van der Waals surface area (Å²) in [6.07, 6.45) is 3.54. The van der Waals surface area contributed by atoms with E-state index >= 15 is 0 Å². The molecule has 1 amide bonds. The van der Waals surface area contributed by atoms with Crippen LogP contribution in [0.3, 0.4) is 0 Å². The molecule has 112 valence electrons. The van der Waals surface area contributed by atoms with Crippen molar-refractivity contribution in [3.05, 3.63) is 54.0 Å². The topological polar surface area (TPSA) is 71.3 Å². The second-order valence-corrected chi connectivity index (χ2v) is 5.13. The van der Waals surface area contributed by atoms with Crippen LogP contribution in [0.4, 0.5) is 11.5 Å². The van der Waals surface area contributed by atoms with Gasteiger partial charge in [0, 0.05) is 31.5 Å². The molecule has 6 nitrogen and oxygen atoms in total. The summed E-state index contributed by atoms with van der Waals surface area (Å²) in [4.78, 5) is 15.5. The van der Waals surface area contributed by atoms with E-state index in [1.54, 1.807) is 10.7 Å². The molecule has 0 unspecified atom stereocenters. The fraction of sp³-hybridized carbons (Fsp3) is 0.188. The molecular formula is C16H17N5O. The summed E-state index contributed by atoms with van der Waals surface area (Å²) in [6, 6.07) is 9.71. The van der Waals surface area contributed by atoms with Gasteiger partial charge in [-0.1, -0.05) is 12.1 Å². The van der Waals surface area contributed by atoms with Crippen molar-refractivity contribution in [3.8, 4) is 0 Å². The highest BCUT2D eigenvalue weighted by molar-refractivity contribution is 5.88. The molecule has 2 heterocycles. The van der Waals surface area contributed by atoms with Gasteiger partial charge in [0.25, 0.3) is 0 Å². The van der Waals surface area contributed by atoms with Gasteiger partial charge in [-0.15, -0.1) is 0 Å². The van der Waals surface area contributed by atoms with E-state index in [1.807, 2.05) is 43.5 Å². The summed E-state index contributed by atoms with van der Waals surface area (Å²) >= 11 is 0. The molecular weight excluding hydrogens is 278 g/mol. The number of carbonyl (C=O) groups excluding carboxylic acids is 1. The van der Waals surface area contributed by atoms with Crippen molar-refractivity contribution in [2.75, 3.05) is 10.6 Å². The van der Waals surface area contributed by atoms with E-state index in [4.69, 9.17) is 0 Å². The predicted octanol–water partition coefficient (Wildman–Crippen LogP) is 2.61. The van der Waals surface area contributed by atoms with Crippen molar-refractivity contribution in [1.82, 2.24) is 14.6 Å². The van der Waals surface area contributed by atoms with Crippen molar-refractivity contribution in [2.45, 2.75) is 20.4 Å². The number of fused-ring (bicyclic) bond motifs is 1. The monoisotopic (exact) mass is 295 g/mol. The second kappa shape index (κ2) is 5.85. The lowest BCUT2D eigenvalue weighted by molar-refractivity contribution is -0.114. The fourth-order valence-electron chi connectivity index (χ4n) is 2.33. The summed E-state index contributed by atoms with van der Waals surface area (Å²) in [5.74, 6) is 0.708. The van der Waals surface area contributed by atoms with Gasteiger partial charge >= 0.3 is 0 Å². The number of anilines is 2. The molecule has 0 radical (unpaired) electrons. The molecule has 3 rings (SSSR count). The van der Waals surface area contributed by atoms with Crippen LogP contribution in [-0.4, -0.2) is 20.5 Å². The van der Waals surface area contributed by atoms with E-state index in [9.17, 15) is 4.79 Å². The van der Waals surface area contributed by atoms with Crippen LogP contribution in [0.15, 0.2) is 42.7 Å². The summed E-state index contributed by atoms with van der Waals surface area (Å²) in [6.45, 7) is 4.06. The third-order valence-corrected chi connectivity index (χ3v) is 3.22. The molecule has 0 aliphatic carbocycles. The van der Waals surface area contributed by atoms with Crippen molar-refractivity contribution in [1.29, 1.82) is 0 Å². The minimum atomic E-state index is -0.0775. The van der Waals surface area contributed by atoms with E-state index in [1.165, 1.54) is 6.92 Å². The molecule has 0 saturated heterocycles.